The third-order valence-corrected chi connectivity index (χ3v) is 4.56. The quantitative estimate of drug-likeness (QED) is 0.457. The number of thioether (sulfide) groups is 1. The number of alkyl halides is 2. The third-order valence-electron chi connectivity index (χ3n) is 3.76. The molecule has 2 aromatic rings. The summed E-state index contributed by atoms with van der Waals surface area (Å²) in [5.74, 6) is -3.25. The highest BCUT2D eigenvalue weighted by atomic mass is 35.5. The molecule has 1 aliphatic rings. The molecular weight excluding hydrogens is 349 g/mol. The highest BCUT2D eigenvalue weighted by Gasteiger charge is 2.36. The van der Waals surface area contributed by atoms with E-state index in [-0.39, 0.29) is 17.1 Å². The third kappa shape index (κ3) is 3.06. The number of aryl methyl sites for hydroxylation is 1. The minimum absolute atomic E-state index is 0.0192. The van der Waals surface area contributed by atoms with E-state index in [0.29, 0.717) is 35.0 Å². The number of anilines is 1. The highest BCUT2D eigenvalue weighted by molar-refractivity contribution is 7.98. The van der Waals surface area contributed by atoms with Gasteiger partial charge in [-0.25, -0.2) is 28.1 Å². The van der Waals surface area contributed by atoms with Crippen molar-refractivity contribution < 1.29 is 13.2 Å². The molecule has 23 heavy (non-hydrogen) atoms. The van der Waals surface area contributed by atoms with Crippen molar-refractivity contribution in [2.24, 2.45) is 0 Å². The number of aromatic nitrogens is 3. The molecule has 1 aliphatic heterocycles. The van der Waals surface area contributed by atoms with Gasteiger partial charge in [-0.3, -0.25) is 0 Å². The Balaban J connectivity index is 2.25. The van der Waals surface area contributed by atoms with Gasteiger partial charge >= 0.3 is 0 Å². The first-order chi connectivity index (χ1) is 10.8. The minimum atomic E-state index is -2.79. The second-order valence-electron chi connectivity index (χ2n) is 5.44. The van der Waals surface area contributed by atoms with Gasteiger partial charge in [0.25, 0.3) is 5.92 Å². The predicted octanol–water partition coefficient (Wildman–Crippen LogP) is 4.08. The molecule has 124 valence electrons. The SMILES string of the molecule is CSc1nc(N2CCCC(F)(F)C2)c2c(C)nc(Cl)c(F)c2n1. The zero-order valence-corrected chi connectivity index (χ0v) is 14.1. The number of rotatable bonds is 2. The largest absolute Gasteiger partial charge is 0.350 e. The van der Waals surface area contributed by atoms with Crippen LogP contribution in [-0.2, 0) is 0 Å². The van der Waals surface area contributed by atoms with E-state index < -0.39 is 18.3 Å². The number of halogens is 4. The predicted molar refractivity (Wildman–Crippen MR) is 85.2 cm³/mol. The van der Waals surface area contributed by atoms with Crippen LogP contribution in [0.15, 0.2) is 5.16 Å². The van der Waals surface area contributed by atoms with E-state index in [9.17, 15) is 13.2 Å². The van der Waals surface area contributed by atoms with Crippen LogP contribution in [0.25, 0.3) is 10.9 Å². The Bertz CT molecular complexity index is 772. The van der Waals surface area contributed by atoms with Crippen LogP contribution in [0.4, 0.5) is 19.0 Å². The lowest BCUT2D eigenvalue weighted by molar-refractivity contribution is -0.0118. The standard InChI is InChI=1S/C14H14ClF3N4S/c1-7-8-10(9(16)11(15)19-7)20-13(23-2)21-12(8)22-5-3-4-14(17,18)6-22/h3-6H2,1-2H3. The van der Waals surface area contributed by atoms with Crippen molar-refractivity contribution in [1.82, 2.24) is 15.0 Å². The van der Waals surface area contributed by atoms with Gasteiger partial charge in [0, 0.05) is 13.0 Å². The molecule has 1 fully saturated rings. The fourth-order valence-electron chi connectivity index (χ4n) is 2.74. The van der Waals surface area contributed by atoms with Crippen LogP contribution >= 0.6 is 23.4 Å². The summed E-state index contributed by atoms with van der Waals surface area (Å²) >= 11 is 7.00. The van der Waals surface area contributed by atoms with E-state index in [4.69, 9.17) is 11.6 Å². The van der Waals surface area contributed by atoms with Gasteiger partial charge in [-0.15, -0.1) is 0 Å². The Kier molecular flexibility index (Phi) is 4.31. The van der Waals surface area contributed by atoms with Gasteiger partial charge in [0.1, 0.15) is 11.3 Å². The smallest absolute Gasteiger partial charge is 0.265 e. The summed E-state index contributed by atoms with van der Waals surface area (Å²) in [6.45, 7) is 1.62. The van der Waals surface area contributed by atoms with Crippen molar-refractivity contribution in [3.8, 4) is 0 Å². The second kappa shape index (κ2) is 5.98. The summed E-state index contributed by atoms with van der Waals surface area (Å²) in [6.07, 6.45) is 1.93. The van der Waals surface area contributed by atoms with Crippen molar-refractivity contribution in [2.75, 3.05) is 24.2 Å². The molecule has 0 bridgehead atoms. The average molecular weight is 363 g/mol. The van der Waals surface area contributed by atoms with Crippen molar-refractivity contribution in [3.63, 3.8) is 0 Å². The number of fused-ring (bicyclic) bond motifs is 1. The number of hydrogen-bond donors (Lipinski definition) is 0. The Labute approximate surface area is 140 Å². The first-order valence-electron chi connectivity index (χ1n) is 7.02. The monoisotopic (exact) mass is 362 g/mol. The molecule has 4 nitrogen and oxygen atoms in total. The fraction of sp³-hybridized carbons (Fsp3) is 0.500. The summed E-state index contributed by atoms with van der Waals surface area (Å²) in [7, 11) is 0. The molecule has 0 unspecified atom stereocenters. The van der Waals surface area contributed by atoms with Crippen molar-refractivity contribution >= 4 is 40.1 Å². The highest BCUT2D eigenvalue weighted by Crippen LogP contribution is 2.36. The number of hydrogen-bond acceptors (Lipinski definition) is 5. The van der Waals surface area contributed by atoms with Crippen LogP contribution in [0.2, 0.25) is 5.15 Å². The first kappa shape index (κ1) is 16.6. The fourth-order valence-corrected chi connectivity index (χ4v) is 3.31. The van der Waals surface area contributed by atoms with Gasteiger partial charge in [-0.05, 0) is 19.6 Å². The number of piperidine rings is 1. The first-order valence-corrected chi connectivity index (χ1v) is 8.63. The van der Waals surface area contributed by atoms with Crippen LogP contribution < -0.4 is 4.90 Å². The van der Waals surface area contributed by atoms with Crippen LogP contribution in [0.1, 0.15) is 18.5 Å². The lowest BCUT2D eigenvalue weighted by atomic mass is 10.1. The van der Waals surface area contributed by atoms with Gasteiger partial charge < -0.3 is 4.90 Å². The van der Waals surface area contributed by atoms with Gasteiger partial charge in [-0.1, -0.05) is 23.4 Å². The molecule has 3 heterocycles. The Morgan fingerprint density at radius 2 is 2.00 bits per heavy atom. The summed E-state index contributed by atoms with van der Waals surface area (Å²) in [5.41, 5.74) is 0.439. The number of pyridine rings is 1. The molecule has 0 N–H and O–H groups in total. The molecule has 2 aromatic heterocycles. The van der Waals surface area contributed by atoms with E-state index in [1.807, 2.05) is 0 Å². The summed E-state index contributed by atoms with van der Waals surface area (Å²) in [4.78, 5) is 13.9. The Hall–Kier alpha value is -1.28. The maximum atomic E-state index is 14.3. The molecule has 0 atom stereocenters. The van der Waals surface area contributed by atoms with Crippen LogP contribution in [0, 0.1) is 12.7 Å². The topological polar surface area (TPSA) is 41.9 Å². The summed E-state index contributed by atoms with van der Waals surface area (Å²) in [6, 6.07) is 0. The second-order valence-corrected chi connectivity index (χ2v) is 6.57. The molecule has 0 aromatic carbocycles. The van der Waals surface area contributed by atoms with Crippen molar-refractivity contribution in [1.29, 1.82) is 0 Å². The molecule has 0 saturated carbocycles. The molecule has 0 spiro atoms. The zero-order chi connectivity index (χ0) is 16.8. The summed E-state index contributed by atoms with van der Waals surface area (Å²) < 4.78 is 41.9. The van der Waals surface area contributed by atoms with E-state index in [1.54, 1.807) is 13.2 Å². The maximum Gasteiger partial charge on any atom is 0.265 e. The van der Waals surface area contributed by atoms with Gasteiger partial charge in [0.2, 0.25) is 0 Å². The van der Waals surface area contributed by atoms with Gasteiger partial charge in [0.05, 0.1) is 17.6 Å². The molecular formula is C14H14ClF3N4S. The lowest BCUT2D eigenvalue weighted by Crippen LogP contribution is -2.43. The Morgan fingerprint density at radius 1 is 1.26 bits per heavy atom. The van der Waals surface area contributed by atoms with Crippen molar-refractivity contribution in [2.45, 2.75) is 30.8 Å². The summed E-state index contributed by atoms with van der Waals surface area (Å²) in [5, 5.41) is 0.361. The van der Waals surface area contributed by atoms with Crippen LogP contribution in [0.5, 0.6) is 0 Å². The zero-order valence-electron chi connectivity index (χ0n) is 12.5. The molecule has 1 saturated heterocycles. The molecule has 0 amide bonds. The van der Waals surface area contributed by atoms with Crippen LogP contribution in [0.3, 0.4) is 0 Å². The average Bonchev–Trinajstić information content (AvgIpc) is 2.50. The molecule has 0 radical (unpaired) electrons. The molecule has 0 aliphatic carbocycles. The molecule has 3 rings (SSSR count). The normalized spacial score (nSPS) is 17.7. The number of nitrogens with zero attached hydrogens (tertiary/aromatic N) is 4. The maximum absolute atomic E-state index is 14.3. The van der Waals surface area contributed by atoms with Gasteiger partial charge in [-0.2, -0.15) is 0 Å². The van der Waals surface area contributed by atoms with E-state index in [1.165, 1.54) is 16.7 Å². The van der Waals surface area contributed by atoms with E-state index in [2.05, 4.69) is 15.0 Å². The Morgan fingerprint density at radius 3 is 2.65 bits per heavy atom. The van der Waals surface area contributed by atoms with Crippen molar-refractivity contribution in [3.05, 3.63) is 16.7 Å². The van der Waals surface area contributed by atoms with E-state index in [0.717, 1.165) is 0 Å². The van der Waals surface area contributed by atoms with Crippen LogP contribution in [-0.4, -0.2) is 40.2 Å². The lowest BCUT2D eigenvalue weighted by Gasteiger charge is -2.34. The van der Waals surface area contributed by atoms with E-state index >= 15 is 0 Å². The van der Waals surface area contributed by atoms with Gasteiger partial charge in [0.15, 0.2) is 16.1 Å². The molecule has 9 heteroatoms. The minimum Gasteiger partial charge on any atom is -0.350 e.